The van der Waals surface area contributed by atoms with Gasteiger partial charge in [0, 0.05) is 50.4 Å². The van der Waals surface area contributed by atoms with Gasteiger partial charge in [0.2, 0.25) is 0 Å². The first-order valence-electron chi connectivity index (χ1n) is 9.36. The van der Waals surface area contributed by atoms with Crippen LogP contribution in [0.25, 0.3) is 22.5 Å². The fourth-order valence-corrected chi connectivity index (χ4v) is 3.54. The molecule has 0 radical (unpaired) electrons. The quantitative estimate of drug-likeness (QED) is 0.740. The van der Waals surface area contributed by atoms with E-state index in [2.05, 4.69) is 19.9 Å². The number of aryl methyl sites for hydroxylation is 1. The Hall–Kier alpha value is -3.07. The fourth-order valence-electron chi connectivity index (χ4n) is 3.54. The van der Waals surface area contributed by atoms with Crippen LogP contribution in [0.1, 0.15) is 5.89 Å². The van der Waals surface area contributed by atoms with Crippen molar-refractivity contribution in [3.8, 4) is 11.5 Å². The molecule has 28 heavy (non-hydrogen) atoms. The molecule has 0 aliphatic carbocycles. The highest BCUT2D eigenvalue weighted by Gasteiger charge is 2.28. The van der Waals surface area contributed by atoms with Crippen molar-refractivity contribution in [2.75, 3.05) is 44.3 Å². The van der Waals surface area contributed by atoms with E-state index < -0.39 is 0 Å². The lowest BCUT2D eigenvalue weighted by molar-refractivity contribution is -0.104. The Bertz CT molecular complexity index is 1000. The van der Waals surface area contributed by atoms with Gasteiger partial charge in [-0.05, 0) is 12.1 Å². The van der Waals surface area contributed by atoms with Crippen LogP contribution in [0.15, 0.2) is 28.9 Å². The number of hydrogen-bond acceptors (Lipinski definition) is 7. The van der Waals surface area contributed by atoms with Crippen molar-refractivity contribution >= 4 is 22.8 Å². The number of anilines is 1. The molecule has 1 N–H and O–H groups in total. The molecule has 9 nitrogen and oxygen atoms in total. The Balaban J connectivity index is 1.32. The molecular formula is C19H21N5O4. The van der Waals surface area contributed by atoms with Gasteiger partial charge in [-0.25, -0.2) is 14.8 Å². The second-order valence-electron chi connectivity index (χ2n) is 7.04. The summed E-state index contributed by atoms with van der Waals surface area (Å²) in [6.45, 7) is 5.53. The molecule has 0 bridgehead atoms. The number of carbonyl (C=O) groups is 1. The molecule has 0 unspecified atom stereocenters. The van der Waals surface area contributed by atoms with Gasteiger partial charge in [-0.15, -0.1) is 0 Å². The molecule has 0 atom stereocenters. The van der Waals surface area contributed by atoms with Crippen molar-refractivity contribution in [2.24, 2.45) is 0 Å². The molecule has 2 saturated heterocycles. The number of fused-ring (bicyclic) bond motifs is 1. The van der Waals surface area contributed by atoms with Crippen molar-refractivity contribution in [1.29, 1.82) is 0 Å². The largest absolute Gasteiger partial charge is 0.441 e. The Labute approximate surface area is 161 Å². The molecule has 2 fully saturated rings. The number of nitrogens with one attached hydrogen (secondary N) is 1. The third kappa shape index (κ3) is 3.07. The number of carbonyl (C=O) groups excluding carboxylic acids is 1. The summed E-state index contributed by atoms with van der Waals surface area (Å²) in [4.78, 5) is 28.1. The first-order chi connectivity index (χ1) is 13.7. The van der Waals surface area contributed by atoms with Gasteiger partial charge in [-0.2, -0.15) is 0 Å². The molecule has 5 rings (SSSR count). The minimum Gasteiger partial charge on any atom is -0.441 e. The number of rotatable bonds is 3. The summed E-state index contributed by atoms with van der Waals surface area (Å²) >= 11 is 0. The number of ether oxygens (including phenoxy) is 2. The maximum absolute atomic E-state index is 12.2. The SMILES string of the molecule is Cc1ncc(-c2cc3c(N4CCN(C(=O)OC5COC5)CC4)ccnc3[nH]2)o1. The predicted octanol–water partition coefficient (Wildman–Crippen LogP) is 2.18. The number of nitrogens with zero attached hydrogens (tertiary/aromatic N) is 4. The molecule has 0 aromatic carbocycles. The topological polar surface area (TPSA) is 96.7 Å². The van der Waals surface area contributed by atoms with Crippen molar-refractivity contribution in [2.45, 2.75) is 13.0 Å². The van der Waals surface area contributed by atoms with E-state index in [1.165, 1.54) is 0 Å². The number of amides is 1. The molecule has 3 aromatic rings. The smallest absolute Gasteiger partial charge is 0.410 e. The monoisotopic (exact) mass is 383 g/mol. The highest BCUT2D eigenvalue weighted by Crippen LogP contribution is 2.31. The third-order valence-corrected chi connectivity index (χ3v) is 5.15. The van der Waals surface area contributed by atoms with E-state index in [0.29, 0.717) is 38.0 Å². The van der Waals surface area contributed by atoms with Gasteiger partial charge in [-0.1, -0.05) is 0 Å². The van der Waals surface area contributed by atoms with E-state index in [1.54, 1.807) is 17.3 Å². The minimum atomic E-state index is -0.252. The third-order valence-electron chi connectivity index (χ3n) is 5.15. The average Bonchev–Trinajstić information content (AvgIpc) is 3.30. The molecule has 0 saturated carbocycles. The molecule has 0 spiro atoms. The molecular weight excluding hydrogens is 362 g/mol. The van der Waals surface area contributed by atoms with E-state index in [1.807, 2.05) is 19.1 Å². The number of aromatic nitrogens is 3. The van der Waals surface area contributed by atoms with Crippen LogP contribution in [-0.2, 0) is 9.47 Å². The van der Waals surface area contributed by atoms with Gasteiger partial charge in [0.15, 0.2) is 17.8 Å². The lowest BCUT2D eigenvalue weighted by atomic mass is 10.2. The lowest BCUT2D eigenvalue weighted by Gasteiger charge is -2.37. The van der Waals surface area contributed by atoms with Crippen LogP contribution in [0, 0.1) is 6.92 Å². The predicted molar refractivity (Wildman–Crippen MR) is 101 cm³/mol. The summed E-state index contributed by atoms with van der Waals surface area (Å²) in [6, 6.07) is 4.04. The number of aromatic amines is 1. The van der Waals surface area contributed by atoms with E-state index in [9.17, 15) is 4.79 Å². The molecule has 146 valence electrons. The van der Waals surface area contributed by atoms with Crippen LogP contribution in [0.4, 0.5) is 10.5 Å². The summed E-state index contributed by atoms with van der Waals surface area (Å²) < 4.78 is 16.1. The van der Waals surface area contributed by atoms with Crippen LogP contribution in [0.3, 0.4) is 0 Å². The maximum Gasteiger partial charge on any atom is 0.410 e. The minimum absolute atomic E-state index is 0.0941. The standard InChI is InChI=1S/C19H21N5O4/c1-12-21-9-17(27-12)15-8-14-16(2-3-20-18(14)22-15)23-4-6-24(7-5-23)19(25)28-13-10-26-11-13/h2-3,8-9,13H,4-7,10-11H2,1H3,(H,20,22). The fraction of sp³-hybridized carbons (Fsp3) is 0.421. The molecule has 2 aliphatic rings. The molecule has 5 heterocycles. The zero-order valence-corrected chi connectivity index (χ0v) is 15.6. The van der Waals surface area contributed by atoms with Crippen LogP contribution < -0.4 is 4.90 Å². The number of pyridine rings is 1. The van der Waals surface area contributed by atoms with Gasteiger partial charge in [0.1, 0.15) is 5.65 Å². The zero-order valence-electron chi connectivity index (χ0n) is 15.6. The number of H-pyrrole nitrogens is 1. The lowest BCUT2D eigenvalue weighted by Crippen LogP contribution is -2.51. The van der Waals surface area contributed by atoms with Crippen molar-refractivity contribution in [3.63, 3.8) is 0 Å². The van der Waals surface area contributed by atoms with Crippen LogP contribution >= 0.6 is 0 Å². The Kier molecular flexibility index (Phi) is 4.16. The number of oxazole rings is 1. The summed E-state index contributed by atoms with van der Waals surface area (Å²) in [5.74, 6) is 1.31. The van der Waals surface area contributed by atoms with Gasteiger partial charge in [0.05, 0.1) is 25.1 Å². The molecule has 2 aliphatic heterocycles. The summed E-state index contributed by atoms with van der Waals surface area (Å²) in [7, 11) is 0. The highest BCUT2D eigenvalue weighted by molar-refractivity contribution is 5.93. The maximum atomic E-state index is 12.2. The van der Waals surface area contributed by atoms with Crippen LogP contribution in [0.2, 0.25) is 0 Å². The summed E-state index contributed by atoms with van der Waals surface area (Å²) in [6.07, 6.45) is 3.15. The van der Waals surface area contributed by atoms with E-state index in [-0.39, 0.29) is 12.2 Å². The Morgan fingerprint density at radius 2 is 2.07 bits per heavy atom. The second kappa shape index (κ2) is 6.83. The normalized spacial score (nSPS) is 17.8. The van der Waals surface area contributed by atoms with Crippen LogP contribution in [0.5, 0.6) is 0 Å². The van der Waals surface area contributed by atoms with Gasteiger partial charge < -0.3 is 28.7 Å². The van der Waals surface area contributed by atoms with Crippen molar-refractivity contribution < 1.29 is 18.7 Å². The summed E-state index contributed by atoms with van der Waals surface area (Å²) in [5.41, 5.74) is 2.73. The second-order valence-corrected chi connectivity index (χ2v) is 7.04. The van der Waals surface area contributed by atoms with E-state index >= 15 is 0 Å². The van der Waals surface area contributed by atoms with Crippen LogP contribution in [-0.4, -0.2) is 71.4 Å². The molecule has 3 aromatic heterocycles. The number of piperazine rings is 1. The van der Waals surface area contributed by atoms with E-state index in [0.717, 1.165) is 35.5 Å². The van der Waals surface area contributed by atoms with Gasteiger partial charge >= 0.3 is 6.09 Å². The summed E-state index contributed by atoms with van der Waals surface area (Å²) in [5, 5.41) is 1.02. The first-order valence-corrected chi connectivity index (χ1v) is 9.36. The number of hydrogen-bond donors (Lipinski definition) is 1. The van der Waals surface area contributed by atoms with Gasteiger partial charge in [-0.3, -0.25) is 0 Å². The van der Waals surface area contributed by atoms with E-state index in [4.69, 9.17) is 13.9 Å². The average molecular weight is 383 g/mol. The Morgan fingerprint density at radius 1 is 1.25 bits per heavy atom. The van der Waals surface area contributed by atoms with Gasteiger partial charge in [0.25, 0.3) is 0 Å². The molecule has 9 heteroatoms. The Morgan fingerprint density at radius 3 is 2.75 bits per heavy atom. The first kappa shape index (κ1) is 17.1. The van der Waals surface area contributed by atoms with Crippen molar-refractivity contribution in [3.05, 3.63) is 30.4 Å². The molecule has 1 amide bonds. The van der Waals surface area contributed by atoms with Crippen molar-refractivity contribution in [1.82, 2.24) is 19.9 Å². The highest BCUT2D eigenvalue weighted by atomic mass is 16.6. The zero-order chi connectivity index (χ0) is 19.1.